The van der Waals surface area contributed by atoms with Gasteiger partial charge in [0.2, 0.25) is 0 Å². The molecule has 1 aliphatic carbocycles. The number of halogens is 1. The van der Waals surface area contributed by atoms with E-state index in [2.05, 4.69) is 19.1 Å². The molecule has 0 heterocycles. The molecule has 0 unspecified atom stereocenters. The number of rotatable bonds is 6. The van der Waals surface area contributed by atoms with E-state index in [0.717, 1.165) is 12.0 Å². The molecule has 0 spiro atoms. The Balaban J connectivity index is 1.55. The van der Waals surface area contributed by atoms with E-state index in [9.17, 15) is 9.18 Å². The predicted molar refractivity (Wildman–Crippen MR) is 111 cm³/mol. The lowest BCUT2D eigenvalue weighted by Crippen LogP contribution is -2.14. The van der Waals surface area contributed by atoms with Crippen LogP contribution >= 0.6 is 0 Å². The summed E-state index contributed by atoms with van der Waals surface area (Å²) in [5, 5.41) is 8.77. The zero-order valence-corrected chi connectivity index (χ0v) is 16.7. The van der Waals surface area contributed by atoms with Gasteiger partial charge in [0.05, 0.1) is 11.1 Å². The Morgan fingerprint density at radius 2 is 1.90 bits per heavy atom. The Morgan fingerprint density at radius 1 is 1.17 bits per heavy atom. The second kappa shape index (κ2) is 10.0. The molecule has 1 saturated carbocycles. The van der Waals surface area contributed by atoms with Crippen LogP contribution in [0.25, 0.3) is 0 Å². The van der Waals surface area contributed by atoms with Crippen molar-refractivity contribution >= 4 is 5.97 Å². The minimum absolute atomic E-state index is 0.0781. The third-order valence-corrected chi connectivity index (χ3v) is 5.71. The maximum atomic E-state index is 13.7. The van der Waals surface area contributed by atoms with Gasteiger partial charge in [-0.1, -0.05) is 24.3 Å². The summed E-state index contributed by atoms with van der Waals surface area (Å²) in [4.78, 5) is 12.3. The summed E-state index contributed by atoms with van der Waals surface area (Å²) in [6, 6.07) is 13.1. The van der Waals surface area contributed by atoms with Crippen LogP contribution in [0.1, 0.15) is 72.9 Å². The van der Waals surface area contributed by atoms with Gasteiger partial charge in [0, 0.05) is 6.07 Å². The summed E-state index contributed by atoms with van der Waals surface area (Å²) in [6.07, 6.45) is 11.7. The maximum Gasteiger partial charge on any atom is 0.343 e. The summed E-state index contributed by atoms with van der Waals surface area (Å²) < 4.78 is 18.9. The molecule has 3 rings (SSSR count). The van der Waals surface area contributed by atoms with Crippen LogP contribution in [0.15, 0.2) is 54.6 Å². The molecular weight excluding hydrogens is 365 g/mol. The van der Waals surface area contributed by atoms with E-state index in [0.29, 0.717) is 11.5 Å². The van der Waals surface area contributed by atoms with Crippen molar-refractivity contribution in [3.8, 4) is 11.8 Å². The molecule has 0 radical (unpaired) electrons. The largest absolute Gasteiger partial charge is 0.423 e. The molecule has 29 heavy (non-hydrogen) atoms. The van der Waals surface area contributed by atoms with Crippen molar-refractivity contribution in [2.75, 3.05) is 0 Å². The predicted octanol–water partition coefficient (Wildman–Crippen LogP) is 6.55. The standard InChI is InChI=1S/C25H26FNO2/c1-2-3-4-5-18-6-8-19(9-7-18)20-10-12-21(13-11-20)25(28)29-23-15-14-22(17-27)24(26)16-23/h2-3,10-16,18-19H,4-9H2,1H3/b3-2+/t18-,19-. The normalized spacial score (nSPS) is 19.1. The zero-order valence-electron chi connectivity index (χ0n) is 16.7. The lowest BCUT2D eigenvalue weighted by molar-refractivity contribution is 0.0734. The Morgan fingerprint density at radius 3 is 2.52 bits per heavy atom. The average Bonchev–Trinajstić information content (AvgIpc) is 2.75. The lowest BCUT2D eigenvalue weighted by atomic mass is 9.77. The molecule has 0 aromatic heterocycles. The molecule has 1 aliphatic rings. The van der Waals surface area contributed by atoms with E-state index in [1.54, 1.807) is 18.2 Å². The number of benzene rings is 2. The van der Waals surface area contributed by atoms with E-state index in [1.165, 1.54) is 56.2 Å². The molecule has 0 aliphatic heterocycles. The Labute approximate surface area is 171 Å². The van der Waals surface area contributed by atoms with Crippen LogP contribution in [0, 0.1) is 23.1 Å². The zero-order chi connectivity index (χ0) is 20.6. The van der Waals surface area contributed by atoms with Gasteiger partial charge in [0.25, 0.3) is 0 Å². The van der Waals surface area contributed by atoms with Crippen LogP contribution in [0.5, 0.6) is 5.75 Å². The van der Waals surface area contributed by atoms with Gasteiger partial charge in [-0.25, -0.2) is 9.18 Å². The van der Waals surface area contributed by atoms with Crippen molar-refractivity contribution in [3.63, 3.8) is 0 Å². The summed E-state index contributed by atoms with van der Waals surface area (Å²) in [5.74, 6) is 0.227. The van der Waals surface area contributed by atoms with E-state index < -0.39 is 11.8 Å². The van der Waals surface area contributed by atoms with E-state index in [-0.39, 0.29) is 11.3 Å². The highest BCUT2D eigenvalue weighted by molar-refractivity contribution is 5.91. The highest BCUT2D eigenvalue weighted by Gasteiger charge is 2.22. The third-order valence-electron chi connectivity index (χ3n) is 5.71. The van der Waals surface area contributed by atoms with E-state index in [1.807, 2.05) is 12.1 Å². The van der Waals surface area contributed by atoms with Gasteiger partial charge in [0.1, 0.15) is 17.6 Å². The van der Waals surface area contributed by atoms with Crippen molar-refractivity contribution in [1.29, 1.82) is 5.26 Å². The summed E-state index contributed by atoms with van der Waals surface area (Å²) in [6.45, 7) is 2.07. The number of hydrogen-bond acceptors (Lipinski definition) is 3. The average molecular weight is 391 g/mol. The van der Waals surface area contributed by atoms with Crippen molar-refractivity contribution in [2.24, 2.45) is 5.92 Å². The number of carbonyl (C=O) groups is 1. The number of carbonyl (C=O) groups excluding carboxylic acids is 1. The molecule has 1 fully saturated rings. The fraction of sp³-hybridized carbons (Fsp3) is 0.360. The number of ether oxygens (including phenoxy) is 1. The lowest BCUT2D eigenvalue weighted by Gasteiger charge is -2.28. The van der Waals surface area contributed by atoms with Crippen molar-refractivity contribution in [1.82, 2.24) is 0 Å². The van der Waals surface area contributed by atoms with E-state index in [4.69, 9.17) is 10.00 Å². The Kier molecular flexibility index (Phi) is 7.19. The number of nitrogens with zero attached hydrogens (tertiary/aromatic N) is 1. The molecule has 0 N–H and O–H groups in total. The fourth-order valence-corrected chi connectivity index (χ4v) is 3.99. The third kappa shape index (κ3) is 5.54. The second-order valence-electron chi connectivity index (χ2n) is 7.63. The smallest absolute Gasteiger partial charge is 0.343 e. The molecule has 150 valence electrons. The molecular formula is C25H26FNO2. The first-order chi connectivity index (χ1) is 14.1. The number of hydrogen-bond donors (Lipinski definition) is 0. The van der Waals surface area contributed by atoms with Crippen molar-refractivity contribution in [2.45, 2.75) is 51.4 Å². The van der Waals surface area contributed by atoms with Gasteiger partial charge in [-0.2, -0.15) is 5.26 Å². The molecule has 0 bridgehead atoms. The quantitative estimate of drug-likeness (QED) is 0.319. The van der Waals surface area contributed by atoms with Gasteiger partial charge in [0.15, 0.2) is 0 Å². The highest BCUT2D eigenvalue weighted by atomic mass is 19.1. The molecule has 3 nitrogen and oxygen atoms in total. The number of nitriles is 1. The maximum absolute atomic E-state index is 13.7. The molecule has 2 aromatic carbocycles. The van der Waals surface area contributed by atoms with Crippen LogP contribution in [0.4, 0.5) is 4.39 Å². The fourth-order valence-electron chi connectivity index (χ4n) is 3.99. The highest BCUT2D eigenvalue weighted by Crippen LogP contribution is 2.37. The van der Waals surface area contributed by atoms with Crippen LogP contribution < -0.4 is 4.74 Å². The van der Waals surface area contributed by atoms with Gasteiger partial charge < -0.3 is 4.74 Å². The van der Waals surface area contributed by atoms with E-state index >= 15 is 0 Å². The molecule has 2 aromatic rings. The van der Waals surface area contributed by atoms with Gasteiger partial charge in [-0.05, 0) is 87.1 Å². The molecule has 0 atom stereocenters. The Bertz CT molecular complexity index is 903. The number of allylic oxidation sites excluding steroid dienone is 2. The Hall–Kier alpha value is -2.93. The van der Waals surface area contributed by atoms with Gasteiger partial charge >= 0.3 is 5.97 Å². The monoisotopic (exact) mass is 391 g/mol. The minimum Gasteiger partial charge on any atom is -0.423 e. The first-order valence-corrected chi connectivity index (χ1v) is 10.2. The molecule has 0 amide bonds. The van der Waals surface area contributed by atoms with Crippen LogP contribution in [0.3, 0.4) is 0 Å². The van der Waals surface area contributed by atoms with Crippen LogP contribution in [-0.2, 0) is 0 Å². The van der Waals surface area contributed by atoms with Gasteiger partial charge in [-0.3, -0.25) is 0 Å². The van der Waals surface area contributed by atoms with Crippen LogP contribution in [-0.4, -0.2) is 5.97 Å². The summed E-state index contributed by atoms with van der Waals surface area (Å²) >= 11 is 0. The topological polar surface area (TPSA) is 50.1 Å². The van der Waals surface area contributed by atoms with Crippen LogP contribution in [0.2, 0.25) is 0 Å². The SMILES string of the molecule is C/C=C/CC[C@H]1CC[C@H](c2ccc(C(=O)Oc3ccc(C#N)c(F)c3)cc2)CC1. The first kappa shape index (κ1) is 20.8. The summed E-state index contributed by atoms with van der Waals surface area (Å²) in [7, 11) is 0. The summed E-state index contributed by atoms with van der Waals surface area (Å²) in [5.41, 5.74) is 1.61. The van der Waals surface area contributed by atoms with Crippen molar-refractivity contribution < 1.29 is 13.9 Å². The molecule has 4 heteroatoms. The second-order valence-corrected chi connectivity index (χ2v) is 7.63. The first-order valence-electron chi connectivity index (χ1n) is 10.2. The van der Waals surface area contributed by atoms with Gasteiger partial charge in [-0.15, -0.1) is 0 Å². The minimum atomic E-state index is -0.700. The number of esters is 1. The van der Waals surface area contributed by atoms with Crippen molar-refractivity contribution in [3.05, 3.63) is 77.1 Å². The molecule has 0 saturated heterocycles.